The fourth-order valence-corrected chi connectivity index (χ4v) is 3.25. The zero-order chi connectivity index (χ0) is 14.5. The Kier molecular flexibility index (Phi) is 4.16. The van der Waals surface area contributed by atoms with Gasteiger partial charge in [-0.15, -0.1) is 0 Å². The molecule has 1 fully saturated rings. The molecule has 1 aliphatic rings. The third-order valence-corrected chi connectivity index (χ3v) is 4.35. The third-order valence-electron chi connectivity index (χ3n) is 4.35. The molecule has 3 rings (SSSR count). The van der Waals surface area contributed by atoms with Gasteiger partial charge in [-0.2, -0.15) is 0 Å². The minimum atomic E-state index is -0.305. The molecule has 21 heavy (non-hydrogen) atoms. The monoisotopic (exact) mass is 279 g/mol. The SMILES string of the molecule is O=C1CCNCC1(Cc1ccccc1)Cc1ccccc1. The van der Waals surface area contributed by atoms with Crippen LogP contribution in [0, 0.1) is 5.41 Å². The van der Waals surface area contributed by atoms with Gasteiger partial charge in [-0.25, -0.2) is 0 Å². The molecule has 2 aromatic carbocycles. The Hall–Kier alpha value is -1.93. The molecule has 0 unspecified atom stereocenters. The molecule has 0 saturated carbocycles. The molecule has 1 heterocycles. The number of carbonyl (C=O) groups excluding carboxylic acids is 1. The van der Waals surface area contributed by atoms with Crippen LogP contribution in [-0.4, -0.2) is 18.9 Å². The average molecular weight is 279 g/mol. The zero-order valence-electron chi connectivity index (χ0n) is 12.2. The summed E-state index contributed by atoms with van der Waals surface area (Å²) in [7, 11) is 0. The van der Waals surface area contributed by atoms with Gasteiger partial charge in [-0.05, 0) is 24.0 Å². The summed E-state index contributed by atoms with van der Waals surface area (Å²) in [5, 5.41) is 3.43. The van der Waals surface area contributed by atoms with Gasteiger partial charge in [0.05, 0.1) is 0 Å². The van der Waals surface area contributed by atoms with Gasteiger partial charge in [0, 0.05) is 24.9 Å². The van der Waals surface area contributed by atoms with Crippen molar-refractivity contribution >= 4 is 5.78 Å². The molecule has 108 valence electrons. The highest BCUT2D eigenvalue weighted by atomic mass is 16.1. The largest absolute Gasteiger partial charge is 0.315 e. The maximum Gasteiger partial charge on any atom is 0.142 e. The molecule has 2 heteroatoms. The molecule has 0 radical (unpaired) electrons. The third kappa shape index (κ3) is 3.22. The van der Waals surface area contributed by atoms with E-state index in [2.05, 4.69) is 29.6 Å². The zero-order valence-corrected chi connectivity index (χ0v) is 12.2. The normalized spacial score (nSPS) is 17.6. The van der Waals surface area contributed by atoms with Crippen LogP contribution in [0.3, 0.4) is 0 Å². The Balaban J connectivity index is 1.89. The standard InChI is InChI=1S/C19H21NO/c21-18-11-12-20-15-19(18,13-16-7-3-1-4-8-16)14-17-9-5-2-6-10-17/h1-10,20H,11-15H2. The first-order chi connectivity index (χ1) is 10.3. The molecule has 0 spiro atoms. The highest BCUT2D eigenvalue weighted by Gasteiger charge is 2.39. The van der Waals surface area contributed by atoms with E-state index in [9.17, 15) is 4.79 Å². The van der Waals surface area contributed by atoms with Crippen molar-refractivity contribution in [3.05, 3.63) is 71.8 Å². The first kappa shape index (κ1) is 14.0. The molecule has 0 bridgehead atoms. The number of benzene rings is 2. The number of hydrogen-bond acceptors (Lipinski definition) is 2. The van der Waals surface area contributed by atoms with Crippen LogP contribution in [0.1, 0.15) is 17.5 Å². The van der Waals surface area contributed by atoms with Crippen molar-refractivity contribution in [3.8, 4) is 0 Å². The first-order valence-electron chi connectivity index (χ1n) is 7.60. The van der Waals surface area contributed by atoms with Gasteiger partial charge < -0.3 is 5.32 Å². The smallest absolute Gasteiger partial charge is 0.142 e. The molecule has 1 N–H and O–H groups in total. The highest BCUT2D eigenvalue weighted by molar-refractivity contribution is 5.86. The fourth-order valence-electron chi connectivity index (χ4n) is 3.25. The van der Waals surface area contributed by atoms with E-state index in [0.717, 1.165) is 25.9 Å². The van der Waals surface area contributed by atoms with Crippen LogP contribution in [-0.2, 0) is 17.6 Å². The number of piperidine rings is 1. The van der Waals surface area contributed by atoms with E-state index in [4.69, 9.17) is 0 Å². The second-order valence-electron chi connectivity index (χ2n) is 5.96. The topological polar surface area (TPSA) is 29.1 Å². The molecule has 0 atom stereocenters. The molecular weight excluding hydrogens is 258 g/mol. The molecule has 0 aliphatic carbocycles. The Bertz CT molecular complexity index is 550. The van der Waals surface area contributed by atoms with E-state index in [1.165, 1.54) is 11.1 Å². The van der Waals surface area contributed by atoms with Gasteiger partial charge in [0.1, 0.15) is 5.78 Å². The van der Waals surface area contributed by atoms with Crippen LogP contribution in [0.25, 0.3) is 0 Å². The number of rotatable bonds is 4. The summed E-state index contributed by atoms with van der Waals surface area (Å²) in [6.45, 7) is 1.58. The highest BCUT2D eigenvalue weighted by Crippen LogP contribution is 2.31. The number of ketones is 1. The molecule has 0 aromatic heterocycles. The Labute approximate surface area is 126 Å². The maximum absolute atomic E-state index is 12.7. The summed E-state index contributed by atoms with van der Waals surface area (Å²) in [6, 6.07) is 20.7. The fraction of sp³-hybridized carbons (Fsp3) is 0.316. The summed E-state index contributed by atoms with van der Waals surface area (Å²) < 4.78 is 0. The van der Waals surface area contributed by atoms with E-state index in [0.29, 0.717) is 12.2 Å². The lowest BCUT2D eigenvalue weighted by Crippen LogP contribution is -2.50. The Morgan fingerprint density at radius 3 is 1.86 bits per heavy atom. The summed E-state index contributed by atoms with van der Waals surface area (Å²) in [6.07, 6.45) is 2.27. The second kappa shape index (κ2) is 6.23. The van der Waals surface area contributed by atoms with Gasteiger partial charge >= 0.3 is 0 Å². The van der Waals surface area contributed by atoms with Gasteiger partial charge in [0.15, 0.2) is 0 Å². The molecular formula is C19H21NO. The van der Waals surface area contributed by atoms with E-state index >= 15 is 0 Å². The van der Waals surface area contributed by atoms with Crippen molar-refractivity contribution in [2.75, 3.05) is 13.1 Å². The van der Waals surface area contributed by atoms with Crippen molar-refractivity contribution in [1.82, 2.24) is 5.32 Å². The minimum Gasteiger partial charge on any atom is -0.315 e. The minimum absolute atomic E-state index is 0.305. The predicted octanol–water partition coefficient (Wildman–Crippen LogP) is 3.02. The van der Waals surface area contributed by atoms with Crippen LogP contribution in [0.4, 0.5) is 0 Å². The quantitative estimate of drug-likeness (QED) is 0.932. The first-order valence-corrected chi connectivity index (χ1v) is 7.60. The van der Waals surface area contributed by atoms with Crippen LogP contribution in [0.2, 0.25) is 0 Å². The van der Waals surface area contributed by atoms with Gasteiger partial charge in [-0.3, -0.25) is 4.79 Å². The Morgan fingerprint density at radius 2 is 1.38 bits per heavy atom. The molecule has 2 nitrogen and oxygen atoms in total. The maximum atomic E-state index is 12.7. The van der Waals surface area contributed by atoms with Crippen LogP contribution in [0.5, 0.6) is 0 Å². The van der Waals surface area contributed by atoms with Crippen molar-refractivity contribution in [2.45, 2.75) is 19.3 Å². The van der Waals surface area contributed by atoms with Crippen LogP contribution in [0.15, 0.2) is 60.7 Å². The Morgan fingerprint density at radius 1 is 0.857 bits per heavy atom. The lowest BCUT2D eigenvalue weighted by molar-refractivity contribution is -0.130. The van der Waals surface area contributed by atoms with Crippen LogP contribution < -0.4 is 5.32 Å². The van der Waals surface area contributed by atoms with Gasteiger partial charge in [-0.1, -0.05) is 60.7 Å². The average Bonchev–Trinajstić information content (AvgIpc) is 2.52. The molecule has 0 amide bonds. The van der Waals surface area contributed by atoms with Gasteiger partial charge in [0.2, 0.25) is 0 Å². The van der Waals surface area contributed by atoms with Crippen molar-refractivity contribution < 1.29 is 4.79 Å². The van der Waals surface area contributed by atoms with E-state index < -0.39 is 0 Å². The predicted molar refractivity (Wildman–Crippen MR) is 85.2 cm³/mol. The summed E-state index contributed by atoms with van der Waals surface area (Å²) in [5.74, 6) is 0.397. The van der Waals surface area contributed by atoms with Gasteiger partial charge in [0.25, 0.3) is 0 Å². The summed E-state index contributed by atoms with van der Waals surface area (Å²) in [5.41, 5.74) is 2.18. The number of Topliss-reactive ketones (excluding diaryl/α,β-unsaturated/α-hetero) is 1. The molecule has 1 aliphatic heterocycles. The summed E-state index contributed by atoms with van der Waals surface area (Å²) >= 11 is 0. The van der Waals surface area contributed by atoms with Crippen LogP contribution >= 0.6 is 0 Å². The molecule has 1 saturated heterocycles. The van der Waals surface area contributed by atoms with Crippen molar-refractivity contribution in [1.29, 1.82) is 0 Å². The van der Waals surface area contributed by atoms with E-state index in [1.807, 2.05) is 36.4 Å². The number of nitrogens with one attached hydrogen (secondary N) is 1. The molecule has 2 aromatic rings. The second-order valence-corrected chi connectivity index (χ2v) is 5.96. The van der Waals surface area contributed by atoms with Crippen molar-refractivity contribution in [2.24, 2.45) is 5.41 Å². The number of carbonyl (C=O) groups is 1. The van der Waals surface area contributed by atoms with Crippen molar-refractivity contribution in [3.63, 3.8) is 0 Å². The van der Waals surface area contributed by atoms with E-state index in [1.54, 1.807) is 0 Å². The lowest BCUT2D eigenvalue weighted by atomic mass is 9.71. The van der Waals surface area contributed by atoms with E-state index in [-0.39, 0.29) is 5.41 Å². The lowest BCUT2D eigenvalue weighted by Gasteiger charge is -2.36. The summed E-state index contributed by atoms with van der Waals surface area (Å²) in [4.78, 5) is 12.7. The number of hydrogen-bond donors (Lipinski definition) is 1.